The van der Waals surface area contributed by atoms with E-state index in [4.69, 9.17) is 4.42 Å². The average molecular weight is 383 g/mol. The van der Waals surface area contributed by atoms with E-state index < -0.39 is 46.8 Å². The smallest absolute Gasteiger partial charge is 0.268 e. The van der Waals surface area contributed by atoms with Crippen molar-refractivity contribution in [1.82, 2.24) is 5.32 Å². The van der Waals surface area contributed by atoms with Gasteiger partial charge >= 0.3 is 0 Å². The molecule has 0 unspecified atom stereocenters. The molecule has 0 bridgehead atoms. The SMILES string of the molecule is C[C@H](NC(=O)C1=NN(c2c(F)c(F)cc(F)c2F)C(=O)CC1)c1ccco1. The van der Waals surface area contributed by atoms with Gasteiger partial charge in [0, 0.05) is 18.9 Å². The first-order chi connectivity index (χ1) is 12.8. The Morgan fingerprint density at radius 1 is 1.22 bits per heavy atom. The zero-order valence-electron chi connectivity index (χ0n) is 13.9. The summed E-state index contributed by atoms with van der Waals surface area (Å²) in [6, 6.07) is 2.73. The van der Waals surface area contributed by atoms with Gasteiger partial charge in [-0.2, -0.15) is 10.1 Å². The van der Waals surface area contributed by atoms with Crippen LogP contribution in [0.4, 0.5) is 23.2 Å². The van der Waals surface area contributed by atoms with E-state index in [9.17, 15) is 27.2 Å². The lowest BCUT2D eigenvalue weighted by molar-refractivity contribution is -0.119. The van der Waals surface area contributed by atoms with Crippen LogP contribution in [-0.4, -0.2) is 17.5 Å². The van der Waals surface area contributed by atoms with Gasteiger partial charge in [0.15, 0.2) is 23.3 Å². The molecule has 3 rings (SSSR count). The van der Waals surface area contributed by atoms with Crippen molar-refractivity contribution in [2.45, 2.75) is 25.8 Å². The highest BCUT2D eigenvalue weighted by Crippen LogP contribution is 2.30. The topological polar surface area (TPSA) is 74.9 Å². The lowest BCUT2D eigenvalue weighted by Crippen LogP contribution is -2.40. The first-order valence-corrected chi connectivity index (χ1v) is 7.87. The predicted molar refractivity (Wildman–Crippen MR) is 85.7 cm³/mol. The maximum atomic E-state index is 14.0. The van der Waals surface area contributed by atoms with Crippen LogP contribution in [0, 0.1) is 23.3 Å². The van der Waals surface area contributed by atoms with Crippen molar-refractivity contribution in [3.05, 3.63) is 53.5 Å². The standard InChI is InChI=1S/C17H13F4N3O3/c1-8(12-3-2-6-27-12)22-17(26)11-4-5-13(25)24(23-11)16-14(20)9(18)7-10(19)15(16)21/h2-3,6-8H,4-5H2,1H3,(H,22,26)/t8-/m0/s1. The van der Waals surface area contributed by atoms with Crippen LogP contribution >= 0.6 is 0 Å². The second-order valence-electron chi connectivity index (χ2n) is 5.78. The lowest BCUT2D eigenvalue weighted by Gasteiger charge is -2.24. The van der Waals surface area contributed by atoms with Crippen LogP contribution in [0.2, 0.25) is 0 Å². The highest BCUT2D eigenvalue weighted by atomic mass is 19.2. The van der Waals surface area contributed by atoms with E-state index in [2.05, 4.69) is 10.4 Å². The van der Waals surface area contributed by atoms with E-state index in [1.165, 1.54) is 6.26 Å². The van der Waals surface area contributed by atoms with Gasteiger partial charge in [0.25, 0.3) is 5.91 Å². The van der Waals surface area contributed by atoms with Crippen LogP contribution in [0.5, 0.6) is 0 Å². The first kappa shape index (κ1) is 18.6. The van der Waals surface area contributed by atoms with Gasteiger partial charge in [-0.1, -0.05) is 0 Å². The molecule has 2 amide bonds. The second kappa shape index (κ2) is 7.22. The van der Waals surface area contributed by atoms with Crippen molar-refractivity contribution in [3.8, 4) is 0 Å². The third kappa shape index (κ3) is 3.55. The molecular formula is C17H13F4N3O3. The predicted octanol–water partition coefficient (Wildman–Crippen LogP) is 3.20. The first-order valence-electron chi connectivity index (χ1n) is 7.87. The number of hydrazone groups is 1. The maximum absolute atomic E-state index is 14.0. The molecule has 0 aliphatic carbocycles. The number of nitrogens with zero attached hydrogens (tertiary/aromatic N) is 2. The summed E-state index contributed by atoms with van der Waals surface area (Å²) in [6.07, 6.45) is 0.992. The molecule has 0 fully saturated rings. The Balaban J connectivity index is 1.91. The van der Waals surface area contributed by atoms with Crippen LogP contribution in [0.1, 0.15) is 31.6 Å². The van der Waals surface area contributed by atoms with Gasteiger partial charge in [0.05, 0.1) is 12.3 Å². The quantitative estimate of drug-likeness (QED) is 0.651. The Morgan fingerprint density at radius 3 is 2.48 bits per heavy atom. The van der Waals surface area contributed by atoms with Gasteiger partial charge in [0.1, 0.15) is 17.2 Å². The van der Waals surface area contributed by atoms with E-state index in [-0.39, 0.29) is 29.6 Å². The van der Waals surface area contributed by atoms with Crippen LogP contribution in [0.15, 0.2) is 34.0 Å². The molecule has 0 spiro atoms. The van der Waals surface area contributed by atoms with Crippen molar-refractivity contribution in [2.75, 3.05) is 5.01 Å². The van der Waals surface area contributed by atoms with Crippen LogP contribution in [-0.2, 0) is 9.59 Å². The zero-order valence-corrected chi connectivity index (χ0v) is 13.9. The molecule has 1 aromatic heterocycles. The summed E-state index contributed by atoms with van der Waals surface area (Å²) in [6.45, 7) is 1.63. The third-order valence-corrected chi connectivity index (χ3v) is 3.91. The monoisotopic (exact) mass is 383 g/mol. The Labute approximate surface area is 150 Å². The third-order valence-electron chi connectivity index (χ3n) is 3.91. The highest BCUT2D eigenvalue weighted by Gasteiger charge is 2.32. The van der Waals surface area contributed by atoms with Crippen LogP contribution < -0.4 is 10.3 Å². The van der Waals surface area contributed by atoms with Crippen molar-refractivity contribution in [2.24, 2.45) is 5.10 Å². The van der Waals surface area contributed by atoms with Crippen molar-refractivity contribution < 1.29 is 31.6 Å². The number of hydrogen-bond donors (Lipinski definition) is 1. The number of hydrogen-bond acceptors (Lipinski definition) is 4. The summed E-state index contributed by atoms with van der Waals surface area (Å²) in [7, 11) is 0. The molecule has 2 aromatic rings. The van der Waals surface area contributed by atoms with Crippen molar-refractivity contribution in [3.63, 3.8) is 0 Å². The molecule has 1 atom stereocenters. The van der Waals surface area contributed by atoms with Crippen molar-refractivity contribution in [1.29, 1.82) is 0 Å². The Morgan fingerprint density at radius 2 is 1.89 bits per heavy atom. The lowest BCUT2D eigenvalue weighted by atomic mass is 10.1. The molecule has 0 saturated carbocycles. The van der Waals surface area contributed by atoms with E-state index in [1.54, 1.807) is 19.1 Å². The molecule has 142 valence electrons. The van der Waals surface area contributed by atoms with Crippen LogP contribution in [0.25, 0.3) is 0 Å². The Kier molecular flexibility index (Phi) is 4.98. The molecule has 10 heteroatoms. The number of anilines is 1. The van der Waals surface area contributed by atoms with Gasteiger partial charge in [-0.15, -0.1) is 0 Å². The summed E-state index contributed by atoms with van der Waals surface area (Å²) < 4.78 is 59.9. The summed E-state index contributed by atoms with van der Waals surface area (Å²) in [4.78, 5) is 24.3. The summed E-state index contributed by atoms with van der Waals surface area (Å²) in [5.74, 6) is -8.10. The van der Waals surface area contributed by atoms with E-state index in [1.807, 2.05) is 0 Å². The number of furan rings is 1. The van der Waals surface area contributed by atoms with Gasteiger partial charge in [0.2, 0.25) is 5.91 Å². The number of rotatable bonds is 4. The van der Waals surface area contributed by atoms with Gasteiger partial charge in [-0.3, -0.25) is 9.59 Å². The fourth-order valence-electron chi connectivity index (χ4n) is 2.53. The largest absolute Gasteiger partial charge is 0.467 e. The molecule has 2 heterocycles. The summed E-state index contributed by atoms with van der Waals surface area (Å²) >= 11 is 0. The molecule has 1 aliphatic rings. The second-order valence-corrected chi connectivity index (χ2v) is 5.78. The number of carbonyl (C=O) groups is 2. The van der Waals surface area contributed by atoms with Gasteiger partial charge in [-0.25, -0.2) is 17.6 Å². The molecule has 27 heavy (non-hydrogen) atoms. The molecule has 1 N–H and O–H groups in total. The number of nitrogens with one attached hydrogen (secondary N) is 1. The molecule has 6 nitrogen and oxygen atoms in total. The molecule has 1 aliphatic heterocycles. The molecule has 0 radical (unpaired) electrons. The van der Waals surface area contributed by atoms with Gasteiger partial charge in [-0.05, 0) is 19.1 Å². The number of halogens is 4. The minimum absolute atomic E-state index is 0.0188. The van der Waals surface area contributed by atoms with Gasteiger partial charge < -0.3 is 9.73 Å². The number of amides is 2. The minimum atomic E-state index is -1.78. The fourth-order valence-corrected chi connectivity index (χ4v) is 2.53. The normalized spacial score (nSPS) is 15.5. The van der Waals surface area contributed by atoms with Crippen molar-refractivity contribution >= 4 is 23.2 Å². The van der Waals surface area contributed by atoms with E-state index in [0.717, 1.165) is 0 Å². The molecular weight excluding hydrogens is 370 g/mol. The minimum Gasteiger partial charge on any atom is -0.467 e. The Hall–Kier alpha value is -3.17. The number of carbonyl (C=O) groups excluding carboxylic acids is 2. The summed E-state index contributed by atoms with van der Waals surface area (Å²) in [5.41, 5.74) is -1.53. The van der Waals surface area contributed by atoms with E-state index in [0.29, 0.717) is 5.76 Å². The maximum Gasteiger partial charge on any atom is 0.268 e. The molecule has 0 saturated heterocycles. The average Bonchev–Trinajstić information content (AvgIpc) is 3.16. The van der Waals surface area contributed by atoms with E-state index >= 15 is 0 Å². The molecule has 1 aromatic carbocycles. The number of benzene rings is 1. The fraction of sp³-hybridized carbons (Fsp3) is 0.235. The van der Waals surface area contributed by atoms with Crippen LogP contribution in [0.3, 0.4) is 0 Å². The Bertz CT molecular complexity index is 902. The zero-order chi connectivity index (χ0) is 19.7. The summed E-state index contributed by atoms with van der Waals surface area (Å²) in [5, 5.41) is 6.34. The highest BCUT2D eigenvalue weighted by molar-refractivity contribution is 6.40.